The van der Waals surface area contributed by atoms with Gasteiger partial charge in [0.2, 0.25) is 5.90 Å². The van der Waals surface area contributed by atoms with Gasteiger partial charge in [0, 0.05) is 12.2 Å². The van der Waals surface area contributed by atoms with Gasteiger partial charge in [-0.25, -0.2) is 4.99 Å². The van der Waals surface area contributed by atoms with Crippen LogP contribution in [0, 0.1) is 0 Å². The van der Waals surface area contributed by atoms with Gasteiger partial charge in [0.05, 0.1) is 12.2 Å². The van der Waals surface area contributed by atoms with Crippen LogP contribution in [0.15, 0.2) is 29.3 Å². The van der Waals surface area contributed by atoms with Gasteiger partial charge in [-0.15, -0.1) is 0 Å². The van der Waals surface area contributed by atoms with Gasteiger partial charge in [-0.05, 0) is 31.5 Å². The van der Waals surface area contributed by atoms with Crippen molar-refractivity contribution in [3.8, 4) is 0 Å². The molecule has 0 fully saturated rings. The number of aliphatic imine (C=N–C) groups is 1. The van der Waals surface area contributed by atoms with Crippen molar-refractivity contribution in [1.29, 1.82) is 0 Å². The molecular weight excluding hydrogens is 295 g/mol. The zero-order chi connectivity index (χ0) is 16.2. The standard InChI is InChI=1S/C16H20F3NO2/c1-3-4-8-21-10-15(2)11-22-14(20-15)12-6-5-7-13(9-12)16(17,18)19/h5-7,9H,3-4,8,10-11H2,1-2H3. The number of benzene rings is 1. The SMILES string of the molecule is CCCCOCC1(C)COC(c2cccc(C(F)(F)F)c2)=N1. The zero-order valence-electron chi connectivity index (χ0n) is 12.7. The molecule has 0 spiro atoms. The highest BCUT2D eigenvalue weighted by Gasteiger charge is 2.34. The second-order valence-corrected chi connectivity index (χ2v) is 5.69. The number of halogens is 3. The third kappa shape index (κ3) is 4.22. The first kappa shape index (κ1) is 16.8. The molecule has 0 saturated heterocycles. The van der Waals surface area contributed by atoms with E-state index >= 15 is 0 Å². The predicted octanol–water partition coefficient (Wildman–Crippen LogP) is 4.06. The van der Waals surface area contributed by atoms with Crippen molar-refractivity contribution in [1.82, 2.24) is 0 Å². The van der Waals surface area contributed by atoms with E-state index in [9.17, 15) is 13.2 Å². The molecule has 1 aliphatic rings. The van der Waals surface area contributed by atoms with E-state index in [0.717, 1.165) is 25.0 Å². The van der Waals surface area contributed by atoms with Gasteiger partial charge in [-0.3, -0.25) is 0 Å². The van der Waals surface area contributed by atoms with E-state index in [1.807, 2.05) is 6.92 Å². The topological polar surface area (TPSA) is 30.8 Å². The van der Waals surface area contributed by atoms with E-state index in [1.54, 1.807) is 6.07 Å². The van der Waals surface area contributed by atoms with Crippen molar-refractivity contribution >= 4 is 5.90 Å². The Labute approximate surface area is 128 Å². The van der Waals surface area contributed by atoms with Crippen LogP contribution in [0.25, 0.3) is 0 Å². The lowest BCUT2D eigenvalue weighted by Gasteiger charge is -2.17. The molecule has 0 saturated carbocycles. The van der Waals surface area contributed by atoms with Crippen LogP contribution >= 0.6 is 0 Å². The molecule has 1 heterocycles. The van der Waals surface area contributed by atoms with Crippen LogP contribution in [0.3, 0.4) is 0 Å². The molecule has 0 bridgehead atoms. The van der Waals surface area contributed by atoms with E-state index < -0.39 is 17.3 Å². The second kappa shape index (κ2) is 6.69. The summed E-state index contributed by atoms with van der Waals surface area (Å²) in [5.74, 6) is 0.243. The quantitative estimate of drug-likeness (QED) is 0.741. The lowest BCUT2D eigenvalue weighted by Crippen LogP contribution is -2.30. The molecule has 0 aromatic heterocycles. The molecule has 122 valence electrons. The summed E-state index contributed by atoms with van der Waals surface area (Å²) in [6.45, 7) is 5.31. The first-order valence-electron chi connectivity index (χ1n) is 7.32. The average Bonchev–Trinajstić information content (AvgIpc) is 2.86. The summed E-state index contributed by atoms with van der Waals surface area (Å²) >= 11 is 0. The van der Waals surface area contributed by atoms with Crippen molar-refractivity contribution in [3.05, 3.63) is 35.4 Å². The van der Waals surface area contributed by atoms with Crippen molar-refractivity contribution in [2.75, 3.05) is 19.8 Å². The van der Waals surface area contributed by atoms with Gasteiger partial charge >= 0.3 is 6.18 Å². The molecule has 1 aromatic carbocycles. The Hall–Kier alpha value is -1.56. The van der Waals surface area contributed by atoms with Crippen LogP contribution in [-0.2, 0) is 15.7 Å². The molecule has 6 heteroatoms. The Bertz CT molecular complexity index is 542. The minimum Gasteiger partial charge on any atom is -0.475 e. The van der Waals surface area contributed by atoms with Gasteiger partial charge in [0.25, 0.3) is 0 Å². The summed E-state index contributed by atoms with van der Waals surface area (Å²) in [4.78, 5) is 4.41. The first-order valence-corrected chi connectivity index (χ1v) is 7.32. The molecule has 0 N–H and O–H groups in total. The molecule has 1 aromatic rings. The number of hydrogen-bond donors (Lipinski definition) is 0. The molecule has 1 atom stereocenters. The van der Waals surface area contributed by atoms with Crippen molar-refractivity contribution < 1.29 is 22.6 Å². The molecule has 1 aliphatic heterocycles. The molecule has 2 rings (SSSR count). The molecule has 1 unspecified atom stereocenters. The highest BCUT2D eigenvalue weighted by atomic mass is 19.4. The molecule has 3 nitrogen and oxygen atoms in total. The number of unbranched alkanes of at least 4 members (excludes halogenated alkanes) is 1. The maximum atomic E-state index is 12.7. The Morgan fingerprint density at radius 3 is 2.82 bits per heavy atom. The van der Waals surface area contributed by atoms with E-state index in [1.165, 1.54) is 6.07 Å². The summed E-state index contributed by atoms with van der Waals surface area (Å²) in [6.07, 6.45) is -2.35. The Morgan fingerprint density at radius 2 is 2.14 bits per heavy atom. The van der Waals surface area contributed by atoms with E-state index in [2.05, 4.69) is 11.9 Å². The lowest BCUT2D eigenvalue weighted by molar-refractivity contribution is -0.137. The largest absolute Gasteiger partial charge is 0.475 e. The van der Waals surface area contributed by atoms with Gasteiger partial charge in [0.1, 0.15) is 12.1 Å². The third-order valence-electron chi connectivity index (χ3n) is 3.38. The van der Waals surface area contributed by atoms with Gasteiger partial charge < -0.3 is 9.47 Å². The Balaban J connectivity index is 2.08. The molecule has 0 amide bonds. The molecule has 0 aliphatic carbocycles. The van der Waals surface area contributed by atoms with E-state index in [-0.39, 0.29) is 5.90 Å². The summed E-state index contributed by atoms with van der Waals surface area (Å²) in [7, 11) is 0. The van der Waals surface area contributed by atoms with Crippen molar-refractivity contribution in [2.45, 2.75) is 38.4 Å². The first-order chi connectivity index (χ1) is 10.3. The average molecular weight is 315 g/mol. The fourth-order valence-corrected chi connectivity index (χ4v) is 2.12. The minimum absolute atomic E-state index is 0.243. The van der Waals surface area contributed by atoms with Crippen LogP contribution in [-0.4, -0.2) is 31.3 Å². The minimum atomic E-state index is -4.37. The number of nitrogens with zero attached hydrogens (tertiary/aromatic N) is 1. The number of ether oxygens (including phenoxy) is 2. The Morgan fingerprint density at radius 1 is 1.36 bits per heavy atom. The fraction of sp³-hybridized carbons (Fsp3) is 0.562. The number of rotatable bonds is 6. The fourth-order valence-electron chi connectivity index (χ4n) is 2.12. The van der Waals surface area contributed by atoms with Crippen LogP contribution in [0.4, 0.5) is 13.2 Å². The highest BCUT2D eigenvalue weighted by molar-refractivity contribution is 5.95. The maximum absolute atomic E-state index is 12.7. The summed E-state index contributed by atoms with van der Waals surface area (Å²) in [5, 5.41) is 0. The monoisotopic (exact) mass is 315 g/mol. The van der Waals surface area contributed by atoms with Crippen molar-refractivity contribution in [2.24, 2.45) is 4.99 Å². The summed E-state index contributed by atoms with van der Waals surface area (Å²) < 4.78 is 49.3. The van der Waals surface area contributed by atoms with Gasteiger partial charge in [0.15, 0.2) is 0 Å². The van der Waals surface area contributed by atoms with E-state index in [0.29, 0.717) is 25.4 Å². The second-order valence-electron chi connectivity index (χ2n) is 5.69. The van der Waals surface area contributed by atoms with Crippen LogP contribution in [0.1, 0.15) is 37.8 Å². The van der Waals surface area contributed by atoms with Crippen LogP contribution in [0.2, 0.25) is 0 Å². The molecule has 0 radical (unpaired) electrons. The summed E-state index contributed by atoms with van der Waals surface area (Å²) in [5.41, 5.74) is -0.909. The Kier molecular flexibility index (Phi) is 5.11. The van der Waals surface area contributed by atoms with Gasteiger partial charge in [-0.1, -0.05) is 19.4 Å². The number of hydrogen-bond acceptors (Lipinski definition) is 3. The summed E-state index contributed by atoms with van der Waals surface area (Å²) in [6, 6.07) is 5.02. The number of alkyl halides is 3. The molecular formula is C16H20F3NO2. The zero-order valence-corrected chi connectivity index (χ0v) is 12.7. The third-order valence-corrected chi connectivity index (χ3v) is 3.38. The van der Waals surface area contributed by atoms with E-state index in [4.69, 9.17) is 9.47 Å². The van der Waals surface area contributed by atoms with Crippen LogP contribution < -0.4 is 0 Å². The normalized spacial score (nSPS) is 21.6. The van der Waals surface area contributed by atoms with Gasteiger partial charge in [-0.2, -0.15) is 13.2 Å². The van der Waals surface area contributed by atoms with Crippen LogP contribution in [0.5, 0.6) is 0 Å². The van der Waals surface area contributed by atoms with Crippen molar-refractivity contribution in [3.63, 3.8) is 0 Å². The predicted molar refractivity (Wildman–Crippen MR) is 78.1 cm³/mol. The lowest BCUT2D eigenvalue weighted by atomic mass is 10.1. The molecule has 22 heavy (non-hydrogen) atoms. The highest BCUT2D eigenvalue weighted by Crippen LogP contribution is 2.30. The smallest absolute Gasteiger partial charge is 0.416 e. The maximum Gasteiger partial charge on any atom is 0.416 e.